The Morgan fingerprint density at radius 3 is 2.30 bits per heavy atom. The molecule has 0 aliphatic heterocycles. The number of sulfonamides is 1. The van der Waals surface area contributed by atoms with Gasteiger partial charge in [-0.1, -0.05) is 13.8 Å². The zero-order valence-corrected chi connectivity index (χ0v) is 19.6. The van der Waals surface area contributed by atoms with Gasteiger partial charge in [0, 0.05) is 22.4 Å². The van der Waals surface area contributed by atoms with E-state index < -0.39 is 16.1 Å². The van der Waals surface area contributed by atoms with Crippen LogP contribution in [0.3, 0.4) is 0 Å². The van der Waals surface area contributed by atoms with E-state index in [-0.39, 0.29) is 16.7 Å². The van der Waals surface area contributed by atoms with Crippen molar-refractivity contribution in [2.45, 2.75) is 36.6 Å². The molecule has 0 aromatic heterocycles. The van der Waals surface area contributed by atoms with E-state index in [0.717, 1.165) is 4.90 Å². The number of rotatable bonds is 9. The van der Waals surface area contributed by atoms with Crippen LogP contribution in [-0.4, -0.2) is 34.8 Å². The second-order valence-electron chi connectivity index (χ2n) is 6.96. The zero-order chi connectivity index (χ0) is 22.5. The Labute approximate surface area is 182 Å². The van der Waals surface area contributed by atoms with E-state index in [2.05, 4.69) is 10.0 Å². The molecule has 2 rings (SSSR count). The van der Waals surface area contributed by atoms with Gasteiger partial charge in [0.2, 0.25) is 15.9 Å². The molecule has 0 bridgehead atoms. The van der Waals surface area contributed by atoms with E-state index in [4.69, 9.17) is 9.47 Å². The van der Waals surface area contributed by atoms with Crippen molar-refractivity contribution in [3.8, 4) is 11.5 Å². The van der Waals surface area contributed by atoms with Gasteiger partial charge in [0.15, 0.2) is 0 Å². The third-order valence-electron chi connectivity index (χ3n) is 4.50. The maximum atomic E-state index is 13.0. The molecule has 0 spiro atoms. The minimum atomic E-state index is -3.86. The van der Waals surface area contributed by atoms with Crippen molar-refractivity contribution in [1.82, 2.24) is 4.72 Å². The van der Waals surface area contributed by atoms with Crippen LogP contribution in [0.2, 0.25) is 0 Å². The van der Waals surface area contributed by atoms with E-state index in [1.54, 1.807) is 52.1 Å². The lowest BCUT2D eigenvalue weighted by molar-refractivity contribution is -0.118. The van der Waals surface area contributed by atoms with Gasteiger partial charge in [-0.05, 0) is 49.6 Å². The molecule has 1 amide bonds. The monoisotopic (exact) mass is 452 g/mol. The van der Waals surface area contributed by atoms with Crippen LogP contribution in [0, 0.1) is 5.92 Å². The predicted octanol–water partition coefficient (Wildman–Crippen LogP) is 4.06. The number of ether oxygens (including phenoxy) is 2. The standard InChI is InChI=1S/C21H28N2O5S2/c1-13(2)21(24)22-18-12-16(8-10-20(18)29-6)30(25,26)23-14(3)17-11-15(27-4)7-9-19(17)28-5/h7-14,23H,1-6H3,(H,22,24)/t14-/m0/s1. The highest BCUT2D eigenvalue weighted by atomic mass is 32.2. The van der Waals surface area contributed by atoms with Crippen LogP contribution in [0.1, 0.15) is 32.4 Å². The highest BCUT2D eigenvalue weighted by Gasteiger charge is 2.23. The number of carbonyl (C=O) groups is 1. The smallest absolute Gasteiger partial charge is 0.241 e. The molecule has 2 aromatic rings. The van der Waals surface area contributed by atoms with Crippen LogP contribution >= 0.6 is 11.8 Å². The normalized spacial score (nSPS) is 12.5. The Bertz CT molecular complexity index is 1010. The molecule has 2 aromatic carbocycles. The van der Waals surface area contributed by atoms with Crippen molar-refractivity contribution in [2.75, 3.05) is 25.8 Å². The van der Waals surface area contributed by atoms with Crippen molar-refractivity contribution < 1.29 is 22.7 Å². The molecule has 164 valence electrons. The van der Waals surface area contributed by atoms with Crippen molar-refractivity contribution in [1.29, 1.82) is 0 Å². The molecule has 0 saturated carbocycles. The second kappa shape index (κ2) is 10.2. The first kappa shape index (κ1) is 24.0. The van der Waals surface area contributed by atoms with E-state index >= 15 is 0 Å². The molecule has 7 nitrogen and oxygen atoms in total. The summed E-state index contributed by atoms with van der Waals surface area (Å²) in [5, 5.41) is 2.80. The van der Waals surface area contributed by atoms with Gasteiger partial charge in [0.1, 0.15) is 11.5 Å². The summed E-state index contributed by atoms with van der Waals surface area (Å²) in [6, 6.07) is 9.32. The quantitative estimate of drug-likeness (QED) is 0.557. The highest BCUT2D eigenvalue weighted by Crippen LogP contribution is 2.32. The molecule has 0 radical (unpaired) electrons. The highest BCUT2D eigenvalue weighted by molar-refractivity contribution is 7.98. The molecule has 30 heavy (non-hydrogen) atoms. The molecular formula is C21H28N2O5S2. The predicted molar refractivity (Wildman–Crippen MR) is 120 cm³/mol. The van der Waals surface area contributed by atoms with Crippen LogP contribution in [0.25, 0.3) is 0 Å². The maximum absolute atomic E-state index is 13.0. The van der Waals surface area contributed by atoms with Crippen molar-refractivity contribution in [3.05, 3.63) is 42.0 Å². The number of nitrogens with one attached hydrogen (secondary N) is 2. The number of methoxy groups -OCH3 is 2. The van der Waals surface area contributed by atoms with Crippen LogP contribution in [-0.2, 0) is 14.8 Å². The van der Waals surface area contributed by atoms with Gasteiger partial charge in [-0.2, -0.15) is 0 Å². The lowest BCUT2D eigenvalue weighted by Crippen LogP contribution is -2.27. The fourth-order valence-corrected chi connectivity index (χ4v) is 4.55. The summed E-state index contributed by atoms with van der Waals surface area (Å²) in [6.07, 6.45) is 1.87. The number of thioether (sulfide) groups is 1. The summed E-state index contributed by atoms with van der Waals surface area (Å²) in [5.41, 5.74) is 1.12. The number of hydrogen-bond acceptors (Lipinski definition) is 6. The van der Waals surface area contributed by atoms with Gasteiger partial charge in [0.05, 0.1) is 24.8 Å². The Kier molecular flexibility index (Phi) is 8.17. The van der Waals surface area contributed by atoms with E-state index in [9.17, 15) is 13.2 Å². The van der Waals surface area contributed by atoms with Gasteiger partial charge in [-0.25, -0.2) is 13.1 Å². The number of hydrogen-bond donors (Lipinski definition) is 2. The van der Waals surface area contributed by atoms with E-state index in [1.165, 1.54) is 31.0 Å². The molecule has 0 unspecified atom stereocenters. The van der Waals surface area contributed by atoms with Gasteiger partial charge >= 0.3 is 0 Å². The molecule has 0 heterocycles. The van der Waals surface area contributed by atoms with Crippen LogP contribution in [0.4, 0.5) is 5.69 Å². The van der Waals surface area contributed by atoms with Crippen LogP contribution in [0.5, 0.6) is 11.5 Å². The van der Waals surface area contributed by atoms with Gasteiger partial charge in [-0.15, -0.1) is 11.8 Å². The lowest BCUT2D eigenvalue weighted by Gasteiger charge is -2.19. The lowest BCUT2D eigenvalue weighted by atomic mass is 10.1. The van der Waals surface area contributed by atoms with E-state index in [0.29, 0.717) is 22.7 Å². The molecule has 9 heteroatoms. The Morgan fingerprint density at radius 1 is 1.03 bits per heavy atom. The second-order valence-corrected chi connectivity index (χ2v) is 9.52. The van der Waals surface area contributed by atoms with Gasteiger partial charge < -0.3 is 14.8 Å². The Hall–Kier alpha value is -2.23. The van der Waals surface area contributed by atoms with Crippen molar-refractivity contribution >= 4 is 33.4 Å². The topological polar surface area (TPSA) is 93.7 Å². The Balaban J connectivity index is 2.36. The minimum absolute atomic E-state index is 0.0630. The zero-order valence-electron chi connectivity index (χ0n) is 18.0. The fraction of sp³-hybridized carbons (Fsp3) is 0.381. The molecule has 0 saturated heterocycles. The summed E-state index contributed by atoms with van der Waals surface area (Å²) in [5.74, 6) is 0.745. The minimum Gasteiger partial charge on any atom is -0.497 e. The molecule has 0 aliphatic rings. The molecule has 2 N–H and O–H groups in total. The summed E-state index contributed by atoms with van der Waals surface area (Å²) in [7, 11) is -0.795. The van der Waals surface area contributed by atoms with Crippen molar-refractivity contribution in [3.63, 3.8) is 0 Å². The molecule has 0 fully saturated rings. The van der Waals surface area contributed by atoms with Crippen molar-refractivity contribution in [2.24, 2.45) is 5.92 Å². The Morgan fingerprint density at radius 2 is 1.73 bits per heavy atom. The third kappa shape index (κ3) is 5.68. The van der Waals surface area contributed by atoms with Crippen LogP contribution < -0.4 is 19.5 Å². The van der Waals surface area contributed by atoms with E-state index in [1.807, 2.05) is 6.26 Å². The summed E-state index contributed by atoms with van der Waals surface area (Å²) < 4.78 is 39.4. The average molecular weight is 453 g/mol. The summed E-state index contributed by atoms with van der Waals surface area (Å²) in [6.45, 7) is 5.28. The number of amides is 1. The fourth-order valence-electron chi connectivity index (χ4n) is 2.77. The number of anilines is 1. The first-order valence-corrected chi connectivity index (χ1v) is 12.1. The maximum Gasteiger partial charge on any atom is 0.241 e. The number of benzene rings is 2. The summed E-state index contributed by atoms with van der Waals surface area (Å²) in [4.78, 5) is 13.0. The number of carbonyl (C=O) groups excluding carboxylic acids is 1. The van der Waals surface area contributed by atoms with Gasteiger partial charge in [-0.3, -0.25) is 4.79 Å². The largest absolute Gasteiger partial charge is 0.497 e. The van der Waals surface area contributed by atoms with Gasteiger partial charge in [0.25, 0.3) is 0 Å². The average Bonchev–Trinajstić information content (AvgIpc) is 2.72. The molecular weight excluding hydrogens is 424 g/mol. The molecule has 1 atom stereocenters. The summed E-state index contributed by atoms with van der Waals surface area (Å²) >= 11 is 1.43. The molecule has 0 aliphatic carbocycles. The first-order chi connectivity index (χ1) is 14.1. The van der Waals surface area contributed by atoms with Crippen LogP contribution in [0.15, 0.2) is 46.2 Å². The SMILES string of the molecule is COc1ccc(OC)c([C@H](C)NS(=O)(=O)c2ccc(SC)c(NC(=O)C(C)C)c2)c1. The third-order valence-corrected chi connectivity index (χ3v) is 6.83. The first-order valence-electron chi connectivity index (χ1n) is 9.36.